The Morgan fingerprint density at radius 3 is 2.39 bits per heavy atom. The molecular formula is C58H71FN12O8S. The minimum atomic E-state index is -0.911. The van der Waals surface area contributed by atoms with Crippen LogP contribution < -0.4 is 36.2 Å². The first-order valence-corrected chi connectivity index (χ1v) is 27.9. The monoisotopic (exact) mass is 1110 g/mol. The molecule has 0 radical (unpaired) electrons. The zero-order chi connectivity index (χ0) is 57.3. The number of aromatic nitrogens is 4. The van der Waals surface area contributed by atoms with Crippen LogP contribution in [0, 0.1) is 18.2 Å². The SMILES string of the molecule is CNC(=O)c1c(F)cccc1Nc1nc(Nc2cc3c(cc2OC)CCN3C(=O)CN(C)C(=O)CCCCCCCCC(=O)N[C@H](C(=O)N2C[C@H](O)C[C@H]2C(=O)NCc2ccc(-c3scnc3C)cc2)C(C)(C)C)nc2[nH]ccc12. The summed E-state index contributed by atoms with van der Waals surface area (Å²) in [4.78, 5) is 103. The van der Waals surface area contributed by atoms with Gasteiger partial charge in [-0.05, 0) is 78.6 Å². The van der Waals surface area contributed by atoms with E-state index in [0.29, 0.717) is 59.8 Å². The highest BCUT2D eigenvalue weighted by Crippen LogP contribution is 2.39. The molecule has 22 heteroatoms. The van der Waals surface area contributed by atoms with Gasteiger partial charge in [-0.2, -0.15) is 9.97 Å². The molecule has 1 saturated heterocycles. The van der Waals surface area contributed by atoms with Gasteiger partial charge in [-0.25, -0.2) is 9.37 Å². The number of thiazole rings is 1. The van der Waals surface area contributed by atoms with Gasteiger partial charge < -0.3 is 56.1 Å². The third-order valence-corrected chi connectivity index (χ3v) is 15.5. The van der Waals surface area contributed by atoms with E-state index in [-0.39, 0.29) is 79.7 Å². The largest absolute Gasteiger partial charge is 0.495 e. The number of anilines is 5. The number of β-amino-alcohol motifs (C(OH)–C–C–N with tert-alkyl or cyclic N) is 1. The third kappa shape index (κ3) is 13.9. The lowest BCUT2D eigenvalue weighted by atomic mass is 9.85. The van der Waals surface area contributed by atoms with Crippen LogP contribution in [0.4, 0.5) is 33.2 Å². The second kappa shape index (κ2) is 25.9. The number of hydrogen-bond donors (Lipinski definition) is 7. The fourth-order valence-corrected chi connectivity index (χ4v) is 10.9. The van der Waals surface area contributed by atoms with Crippen LogP contribution in [0.1, 0.15) is 106 Å². The van der Waals surface area contributed by atoms with Gasteiger partial charge in [-0.1, -0.05) is 76.8 Å². The summed E-state index contributed by atoms with van der Waals surface area (Å²) in [5.41, 5.74) is 6.55. The average molecular weight is 1120 g/mol. The molecule has 3 aromatic carbocycles. The normalized spacial score (nSPS) is 15.3. The van der Waals surface area contributed by atoms with Crippen molar-refractivity contribution in [2.45, 2.75) is 117 Å². The maximum Gasteiger partial charge on any atom is 0.256 e. The van der Waals surface area contributed by atoms with Gasteiger partial charge in [0.15, 0.2) is 0 Å². The Bertz CT molecular complexity index is 3230. The first-order valence-electron chi connectivity index (χ1n) is 27.0. The van der Waals surface area contributed by atoms with E-state index in [9.17, 15) is 38.3 Å². The van der Waals surface area contributed by atoms with E-state index in [2.05, 4.69) is 46.5 Å². The summed E-state index contributed by atoms with van der Waals surface area (Å²) in [5, 5.41) is 25.9. The molecule has 0 bridgehead atoms. The summed E-state index contributed by atoms with van der Waals surface area (Å²) >= 11 is 1.57. The summed E-state index contributed by atoms with van der Waals surface area (Å²) < 4.78 is 20.6. The predicted molar refractivity (Wildman–Crippen MR) is 306 cm³/mol. The first-order chi connectivity index (χ1) is 38.3. The quantitative estimate of drug-likeness (QED) is 0.0305. The number of fused-ring (bicyclic) bond motifs is 2. The second-order valence-corrected chi connectivity index (χ2v) is 22.3. The maximum absolute atomic E-state index is 14.9. The number of nitrogens with one attached hydrogen (secondary N) is 6. The fraction of sp³-hybridized carbons (Fsp3) is 0.431. The molecule has 424 valence electrons. The van der Waals surface area contributed by atoms with Crippen LogP contribution in [0.2, 0.25) is 0 Å². The van der Waals surface area contributed by atoms with E-state index in [4.69, 9.17) is 4.74 Å². The minimum absolute atomic E-state index is 0.00743. The number of carbonyl (C=O) groups is 6. The van der Waals surface area contributed by atoms with Crippen LogP contribution >= 0.6 is 11.3 Å². The van der Waals surface area contributed by atoms with Crippen LogP contribution in [-0.2, 0) is 36.9 Å². The molecule has 80 heavy (non-hydrogen) atoms. The predicted octanol–water partition coefficient (Wildman–Crippen LogP) is 7.66. The fourth-order valence-electron chi connectivity index (χ4n) is 10.1. The number of carbonyl (C=O) groups excluding carboxylic acids is 6. The van der Waals surface area contributed by atoms with Crippen LogP contribution in [0.15, 0.2) is 72.4 Å². The molecule has 6 aromatic rings. The molecule has 8 rings (SSSR count). The topological polar surface area (TPSA) is 256 Å². The van der Waals surface area contributed by atoms with Gasteiger partial charge in [0, 0.05) is 64.9 Å². The lowest BCUT2D eigenvalue weighted by Gasteiger charge is -2.35. The standard InChI is InChI=1S/C58H71FN12O8S/c1-34-50(80-33-63-34)36-21-19-35(20-22-36)30-62-54(76)44-28-38(72)31-71(44)56(78)51(58(2,3)4)66-46(73)17-12-10-8-9-11-13-18-47(74)69(6)32-48(75)70-26-24-37-27-45(79-7)42(29-43(37)70)65-57-67-52-39(23-25-61-52)53(68-57)64-41-16-14-15-40(59)49(41)55(77)60-5/h14-16,19-23,25,27,29,33,38,44,51,72H,8-13,17-18,24,26,28,30-32H2,1-7H3,(H,60,77)(H,62,76)(H,66,73)(H3,61,64,65,67,68)/t38-,44+,51-/m1/s1. The summed E-state index contributed by atoms with van der Waals surface area (Å²) in [7, 11) is 4.58. The number of methoxy groups -OCH3 is 1. The number of aliphatic hydroxyl groups excluding tert-OH is 1. The summed E-state index contributed by atoms with van der Waals surface area (Å²) in [6.45, 7) is 8.09. The smallest absolute Gasteiger partial charge is 0.256 e. The van der Waals surface area contributed by atoms with Gasteiger partial charge >= 0.3 is 0 Å². The van der Waals surface area contributed by atoms with Crippen molar-refractivity contribution in [1.29, 1.82) is 0 Å². The van der Waals surface area contributed by atoms with Gasteiger partial charge in [0.05, 0.1) is 58.2 Å². The van der Waals surface area contributed by atoms with E-state index < -0.39 is 41.2 Å². The molecule has 0 aliphatic carbocycles. The number of aliphatic hydroxyl groups is 1. The van der Waals surface area contributed by atoms with Crippen molar-refractivity contribution in [2.75, 3.05) is 56.4 Å². The number of rotatable bonds is 23. The van der Waals surface area contributed by atoms with Crippen molar-refractivity contribution < 1.29 is 43.0 Å². The number of benzene rings is 3. The molecule has 1 fully saturated rings. The molecule has 3 atom stereocenters. The second-order valence-electron chi connectivity index (χ2n) is 21.4. The van der Waals surface area contributed by atoms with Crippen molar-refractivity contribution in [3.63, 3.8) is 0 Å². The molecule has 0 saturated carbocycles. The van der Waals surface area contributed by atoms with E-state index in [1.54, 1.807) is 47.7 Å². The summed E-state index contributed by atoms with van der Waals surface area (Å²) in [5.74, 6) is -1.78. The Labute approximate surface area is 468 Å². The molecule has 5 heterocycles. The Morgan fingerprint density at radius 1 is 0.950 bits per heavy atom. The lowest BCUT2D eigenvalue weighted by Crippen LogP contribution is -2.57. The van der Waals surface area contributed by atoms with Crippen LogP contribution in [0.3, 0.4) is 0 Å². The van der Waals surface area contributed by atoms with Gasteiger partial charge in [0.1, 0.15) is 35.1 Å². The Hall–Kier alpha value is -7.98. The average Bonchev–Trinajstić information content (AvgIpc) is 4.30. The maximum atomic E-state index is 14.9. The van der Waals surface area contributed by atoms with Gasteiger partial charge in [0.25, 0.3) is 5.91 Å². The van der Waals surface area contributed by atoms with E-state index in [0.717, 1.165) is 52.9 Å². The number of hydrogen-bond acceptors (Lipinski definition) is 14. The molecule has 3 aromatic heterocycles. The third-order valence-electron chi connectivity index (χ3n) is 14.5. The van der Waals surface area contributed by atoms with Crippen molar-refractivity contribution >= 4 is 86.6 Å². The van der Waals surface area contributed by atoms with E-state index in [1.165, 1.54) is 36.1 Å². The highest BCUT2D eigenvalue weighted by atomic mass is 32.1. The number of aryl methyl sites for hydroxylation is 1. The Balaban J connectivity index is 0.761. The molecule has 20 nitrogen and oxygen atoms in total. The molecule has 6 amide bonds. The molecule has 0 unspecified atom stereocenters. The number of unbranched alkanes of at least 4 members (excludes halogenated alkanes) is 5. The van der Waals surface area contributed by atoms with Gasteiger partial charge in [-0.15, -0.1) is 11.3 Å². The van der Waals surface area contributed by atoms with Gasteiger partial charge in [0.2, 0.25) is 35.5 Å². The zero-order valence-electron chi connectivity index (χ0n) is 46.3. The first kappa shape index (κ1) is 58.2. The molecule has 2 aliphatic heterocycles. The number of H-pyrrole nitrogens is 1. The highest BCUT2D eigenvalue weighted by molar-refractivity contribution is 7.13. The minimum Gasteiger partial charge on any atom is -0.495 e. The van der Waals surface area contributed by atoms with Crippen LogP contribution in [-0.4, -0.2) is 129 Å². The molecule has 0 spiro atoms. The Morgan fingerprint density at radius 2 is 1.69 bits per heavy atom. The van der Waals surface area contributed by atoms with Crippen LogP contribution in [0.5, 0.6) is 5.75 Å². The number of amides is 6. The summed E-state index contributed by atoms with van der Waals surface area (Å²) in [6, 6.07) is 15.7. The van der Waals surface area contributed by atoms with E-state index >= 15 is 0 Å². The number of nitrogens with zero attached hydrogens (tertiary/aromatic N) is 6. The summed E-state index contributed by atoms with van der Waals surface area (Å²) in [6.07, 6.45) is 6.54. The van der Waals surface area contributed by atoms with Crippen molar-refractivity contribution in [1.82, 2.24) is 45.7 Å². The number of ether oxygens (including phenoxy) is 1. The van der Waals surface area contributed by atoms with E-state index in [1.807, 2.05) is 63.5 Å². The molecule has 7 N–H and O–H groups in total. The van der Waals surface area contributed by atoms with Gasteiger partial charge in [-0.3, -0.25) is 28.8 Å². The number of likely N-dealkylation sites (N-methyl/N-ethyl adjacent to an activating group) is 1. The number of likely N-dealkylation sites (tertiary alicyclic amines) is 1. The van der Waals surface area contributed by atoms with Crippen molar-refractivity contribution in [3.8, 4) is 16.2 Å². The zero-order valence-corrected chi connectivity index (χ0v) is 47.2. The Kier molecular flexibility index (Phi) is 18.8. The van der Waals surface area contributed by atoms with Crippen molar-refractivity contribution in [2.24, 2.45) is 5.41 Å². The van der Waals surface area contributed by atoms with Crippen LogP contribution in [0.25, 0.3) is 21.5 Å². The number of aromatic amines is 1. The van der Waals surface area contributed by atoms with Crippen molar-refractivity contribution in [3.05, 3.63) is 101 Å². The number of halogens is 1. The highest BCUT2D eigenvalue weighted by Gasteiger charge is 2.44. The molecular weight excluding hydrogens is 1040 g/mol. The lowest BCUT2D eigenvalue weighted by molar-refractivity contribution is -0.144. The molecule has 2 aliphatic rings.